The summed E-state index contributed by atoms with van der Waals surface area (Å²) in [6.45, 7) is -0.00625. The van der Waals surface area contributed by atoms with E-state index in [9.17, 15) is 5.11 Å². The Balaban J connectivity index is 1.78. The van der Waals surface area contributed by atoms with Crippen molar-refractivity contribution >= 4 is 28.3 Å². The molecule has 0 bridgehead atoms. The predicted molar refractivity (Wildman–Crippen MR) is 83.5 cm³/mol. The average molecular weight is 303 g/mol. The van der Waals surface area contributed by atoms with Crippen LogP contribution in [0.25, 0.3) is 10.9 Å². The fourth-order valence-corrected chi connectivity index (χ4v) is 2.50. The lowest BCUT2D eigenvalue weighted by atomic mass is 10.1. The molecule has 2 aromatic heterocycles. The second-order valence-corrected chi connectivity index (χ2v) is 5.20. The predicted octanol–water partition coefficient (Wildman–Crippen LogP) is 2.63. The fourth-order valence-electron chi connectivity index (χ4n) is 2.35. The number of anilines is 1. The van der Waals surface area contributed by atoms with Crippen molar-refractivity contribution in [1.82, 2.24) is 15.0 Å². The van der Waals surface area contributed by atoms with Crippen molar-refractivity contribution in [1.29, 1.82) is 0 Å². The van der Waals surface area contributed by atoms with Gasteiger partial charge >= 0.3 is 0 Å². The summed E-state index contributed by atoms with van der Waals surface area (Å²) >= 11 is 5.81. The van der Waals surface area contributed by atoms with Crippen LogP contribution >= 0.6 is 11.6 Å². The first-order valence-corrected chi connectivity index (χ1v) is 7.04. The summed E-state index contributed by atoms with van der Waals surface area (Å²) in [5.74, 6) is 0.557. The maximum atomic E-state index is 9.57. The number of nitrogens with zero attached hydrogens (tertiary/aromatic N) is 2. The highest BCUT2D eigenvalue weighted by molar-refractivity contribution is 6.29. The van der Waals surface area contributed by atoms with Gasteiger partial charge in [-0.1, -0.05) is 29.8 Å². The summed E-state index contributed by atoms with van der Waals surface area (Å²) in [4.78, 5) is 11.3. The molecule has 3 N–H and O–H groups in total. The topological polar surface area (TPSA) is 73.8 Å². The highest BCUT2D eigenvalue weighted by Crippen LogP contribution is 2.20. The number of aliphatic hydroxyl groups is 1. The molecule has 1 atom stereocenters. The van der Waals surface area contributed by atoms with Crippen molar-refractivity contribution in [3.63, 3.8) is 0 Å². The van der Waals surface area contributed by atoms with Crippen molar-refractivity contribution in [3.05, 3.63) is 53.6 Å². The van der Waals surface area contributed by atoms with E-state index in [1.54, 1.807) is 6.20 Å². The van der Waals surface area contributed by atoms with Crippen LogP contribution in [0.5, 0.6) is 0 Å². The van der Waals surface area contributed by atoms with Gasteiger partial charge in [-0.2, -0.15) is 0 Å². The first kappa shape index (κ1) is 13.9. The molecule has 0 saturated heterocycles. The molecular formula is C15H15ClN4O. The van der Waals surface area contributed by atoms with Gasteiger partial charge in [0.05, 0.1) is 25.0 Å². The third kappa shape index (κ3) is 3.15. The van der Waals surface area contributed by atoms with Crippen LogP contribution in [-0.4, -0.2) is 32.7 Å². The number of rotatable bonds is 5. The number of aromatic amines is 1. The summed E-state index contributed by atoms with van der Waals surface area (Å²) in [6, 6.07) is 7.93. The molecule has 0 spiro atoms. The lowest BCUT2D eigenvalue weighted by molar-refractivity contribution is 0.273. The average Bonchev–Trinajstić information content (AvgIpc) is 2.90. The number of para-hydroxylation sites is 1. The second kappa shape index (κ2) is 6.11. The van der Waals surface area contributed by atoms with E-state index in [1.165, 1.54) is 6.20 Å². The molecule has 0 aliphatic heterocycles. The number of fused-ring (bicyclic) bond motifs is 1. The number of benzene rings is 1. The van der Waals surface area contributed by atoms with E-state index in [-0.39, 0.29) is 12.6 Å². The van der Waals surface area contributed by atoms with Gasteiger partial charge in [0.25, 0.3) is 0 Å². The van der Waals surface area contributed by atoms with Crippen molar-refractivity contribution in [2.45, 2.75) is 12.5 Å². The zero-order chi connectivity index (χ0) is 14.7. The van der Waals surface area contributed by atoms with E-state index in [0.717, 1.165) is 16.5 Å². The van der Waals surface area contributed by atoms with Crippen LogP contribution in [0.4, 0.5) is 5.82 Å². The SMILES string of the molecule is OCC(Cc1c[nH]c2ccccc12)Nc1cncc(Cl)n1. The summed E-state index contributed by atoms with van der Waals surface area (Å²) in [7, 11) is 0. The molecular weight excluding hydrogens is 288 g/mol. The van der Waals surface area contributed by atoms with Crippen LogP contribution in [-0.2, 0) is 6.42 Å². The third-order valence-electron chi connectivity index (χ3n) is 3.32. The number of H-pyrrole nitrogens is 1. The van der Waals surface area contributed by atoms with E-state index in [4.69, 9.17) is 11.6 Å². The highest BCUT2D eigenvalue weighted by Gasteiger charge is 2.12. The van der Waals surface area contributed by atoms with Gasteiger partial charge in [-0.15, -0.1) is 0 Å². The first-order valence-electron chi connectivity index (χ1n) is 6.66. The van der Waals surface area contributed by atoms with Gasteiger partial charge < -0.3 is 15.4 Å². The molecule has 0 fully saturated rings. The molecule has 21 heavy (non-hydrogen) atoms. The molecule has 3 rings (SSSR count). The van der Waals surface area contributed by atoms with Gasteiger partial charge in [0.15, 0.2) is 0 Å². The Hall–Kier alpha value is -2.11. The van der Waals surface area contributed by atoms with Crippen LogP contribution in [0.1, 0.15) is 5.56 Å². The van der Waals surface area contributed by atoms with E-state index in [1.807, 2.05) is 24.4 Å². The lowest BCUT2D eigenvalue weighted by Crippen LogP contribution is -2.26. The van der Waals surface area contributed by atoms with Crippen LogP contribution < -0.4 is 5.32 Å². The minimum absolute atomic E-state index is 0.00625. The molecule has 0 aliphatic rings. The van der Waals surface area contributed by atoms with E-state index in [2.05, 4.69) is 26.3 Å². The van der Waals surface area contributed by atoms with Crippen molar-refractivity contribution in [2.24, 2.45) is 0 Å². The molecule has 2 heterocycles. The van der Waals surface area contributed by atoms with E-state index >= 15 is 0 Å². The number of hydrogen-bond acceptors (Lipinski definition) is 4. The summed E-state index contributed by atoms with van der Waals surface area (Å²) in [5, 5.41) is 14.2. The Bertz CT molecular complexity index is 743. The minimum atomic E-state index is -0.156. The second-order valence-electron chi connectivity index (χ2n) is 4.81. The maximum Gasteiger partial charge on any atom is 0.149 e. The largest absolute Gasteiger partial charge is 0.394 e. The van der Waals surface area contributed by atoms with Gasteiger partial charge in [-0.3, -0.25) is 4.98 Å². The highest BCUT2D eigenvalue weighted by atomic mass is 35.5. The Morgan fingerprint density at radius 2 is 2.14 bits per heavy atom. The first-order chi connectivity index (χ1) is 10.3. The van der Waals surface area contributed by atoms with Crippen LogP contribution in [0.15, 0.2) is 42.9 Å². The lowest BCUT2D eigenvalue weighted by Gasteiger charge is -2.16. The Labute approximate surface area is 127 Å². The van der Waals surface area contributed by atoms with Crippen molar-refractivity contribution in [3.8, 4) is 0 Å². The van der Waals surface area contributed by atoms with E-state index in [0.29, 0.717) is 17.4 Å². The quantitative estimate of drug-likeness (QED) is 0.677. The van der Waals surface area contributed by atoms with Crippen molar-refractivity contribution in [2.75, 3.05) is 11.9 Å². The fraction of sp³-hybridized carbons (Fsp3) is 0.200. The summed E-state index contributed by atoms with van der Waals surface area (Å²) in [5.41, 5.74) is 2.24. The third-order valence-corrected chi connectivity index (χ3v) is 3.50. The molecule has 1 aromatic carbocycles. The minimum Gasteiger partial charge on any atom is -0.394 e. The van der Waals surface area contributed by atoms with Gasteiger partial charge in [0.1, 0.15) is 11.0 Å². The van der Waals surface area contributed by atoms with Crippen LogP contribution in [0, 0.1) is 0 Å². The normalized spacial score (nSPS) is 12.5. The zero-order valence-electron chi connectivity index (χ0n) is 11.3. The van der Waals surface area contributed by atoms with Gasteiger partial charge in [0.2, 0.25) is 0 Å². The molecule has 5 nitrogen and oxygen atoms in total. The standard InChI is InChI=1S/C15H15ClN4O/c16-14-7-17-8-15(20-14)19-11(9-21)5-10-6-18-13-4-2-1-3-12(10)13/h1-4,6-8,11,18,21H,5,9H2,(H,19,20). The number of nitrogens with one attached hydrogen (secondary N) is 2. The molecule has 0 aliphatic carbocycles. The Morgan fingerprint density at radius 1 is 1.29 bits per heavy atom. The molecule has 0 saturated carbocycles. The monoisotopic (exact) mass is 302 g/mol. The smallest absolute Gasteiger partial charge is 0.149 e. The maximum absolute atomic E-state index is 9.57. The molecule has 6 heteroatoms. The van der Waals surface area contributed by atoms with Gasteiger partial charge in [-0.05, 0) is 18.1 Å². The number of aromatic nitrogens is 3. The Morgan fingerprint density at radius 3 is 2.95 bits per heavy atom. The van der Waals surface area contributed by atoms with Crippen molar-refractivity contribution < 1.29 is 5.11 Å². The number of aliphatic hydroxyl groups excluding tert-OH is 1. The summed E-state index contributed by atoms with van der Waals surface area (Å²) < 4.78 is 0. The number of hydrogen-bond donors (Lipinski definition) is 3. The zero-order valence-corrected chi connectivity index (χ0v) is 12.0. The van der Waals surface area contributed by atoms with Gasteiger partial charge in [0, 0.05) is 17.1 Å². The van der Waals surface area contributed by atoms with E-state index < -0.39 is 0 Å². The van der Waals surface area contributed by atoms with Crippen LogP contribution in [0.2, 0.25) is 5.15 Å². The molecule has 108 valence electrons. The Kier molecular flexibility index (Phi) is 4.03. The van der Waals surface area contributed by atoms with Crippen LogP contribution in [0.3, 0.4) is 0 Å². The summed E-state index contributed by atoms with van der Waals surface area (Å²) in [6.07, 6.45) is 5.71. The molecule has 0 radical (unpaired) electrons. The molecule has 0 amide bonds. The molecule has 3 aromatic rings. The van der Waals surface area contributed by atoms with Gasteiger partial charge in [-0.25, -0.2) is 4.98 Å². The number of halogens is 1. The molecule has 1 unspecified atom stereocenters.